The van der Waals surface area contributed by atoms with Crippen LogP contribution in [0.1, 0.15) is 24.5 Å². The molecule has 0 amide bonds. The molecule has 3 aromatic heterocycles. The second kappa shape index (κ2) is 8.71. The SMILES string of the molecule is [Tl][n]1c2nc3nc(nc4[nH]c(nc5nc(nc1c1ccccc12)-c1ccccc1-5)c1ccccc41)C1=CCCC=C13. The minimum absolute atomic E-state index is 0.417. The number of H-pyrrole nitrogens is 1. The molecule has 3 aliphatic rings. The first-order valence-electron chi connectivity index (χ1n) is 13.5. The van der Waals surface area contributed by atoms with Crippen LogP contribution in [0.5, 0.6) is 0 Å². The van der Waals surface area contributed by atoms with E-state index in [9.17, 15) is 0 Å². The van der Waals surface area contributed by atoms with Crippen LogP contribution >= 0.6 is 0 Å². The zero-order chi connectivity index (χ0) is 27.1. The molecule has 0 saturated heterocycles. The molecular weight excluding hydrogens is 701 g/mol. The third-order valence-corrected chi connectivity index (χ3v) is 9.77. The predicted octanol–water partition coefficient (Wildman–Crippen LogP) is 6.20. The van der Waals surface area contributed by atoms with E-state index in [0.29, 0.717) is 55.0 Å². The van der Waals surface area contributed by atoms with Gasteiger partial charge < -0.3 is 0 Å². The van der Waals surface area contributed by atoms with Gasteiger partial charge in [0.15, 0.2) is 0 Å². The normalized spacial score (nSPS) is 14.0. The van der Waals surface area contributed by atoms with Gasteiger partial charge in [-0.05, 0) is 0 Å². The summed E-state index contributed by atoms with van der Waals surface area (Å²) in [5.74, 6) is 2.64. The van der Waals surface area contributed by atoms with Crippen LogP contribution in [0.2, 0.25) is 0 Å². The Labute approximate surface area is 249 Å². The number of rotatable bonds is 0. The van der Waals surface area contributed by atoms with E-state index in [1.54, 1.807) is 0 Å². The van der Waals surface area contributed by atoms with Crippen molar-refractivity contribution in [3.8, 4) is 22.8 Å². The average Bonchev–Trinajstić information content (AvgIpc) is 3.72. The van der Waals surface area contributed by atoms with Gasteiger partial charge in [-0.25, -0.2) is 0 Å². The van der Waals surface area contributed by atoms with E-state index in [2.05, 4.69) is 55.9 Å². The van der Waals surface area contributed by atoms with Crippen molar-refractivity contribution >= 4 is 81.3 Å². The summed E-state index contributed by atoms with van der Waals surface area (Å²) in [6, 6.07) is 24.6. The molecule has 0 atom stereocenters. The number of aromatic amines is 1. The van der Waals surface area contributed by atoms with Crippen molar-refractivity contribution in [2.45, 2.75) is 12.8 Å². The second-order valence-electron chi connectivity index (χ2n) is 10.3. The van der Waals surface area contributed by atoms with Crippen molar-refractivity contribution in [2.24, 2.45) is 0 Å². The Morgan fingerprint density at radius 2 is 0.951 bits per heavy atom. The molecule has 9 heteroatoms. The van der Waals surface area contributed by atoms with Crippen LogP contribution in [0.15, 0.2) is 84.9 Å². The van der Waals surface area contributed by atoms with Crippen molar-refractivity contribution in [2.75, 3.05) is 0 Å². The first-order chi connectivity index (χ1) is 20.2. The number of hydrogen-bond donors (Lipinski definition) is 1. The van der Waals surface area contributed by atoms with Gasteiger partial charge in [-0.2, -0.15) is 0 Å². The summed E-state index contributed by atoms with van der Waals surface area (Å²) in [5, 5.41) is 4.06. The third-order valence-electron chi connectivity index (χ3n) is 7.87. The molecule has 9 rings (SSSR count). The van der Waals surface area contributed by atoms with E-state index in [0.717, 1.165) is 73.6 Å². The molecule has 190 valence electrons. The molecular formula is C32H19N8Tl. The third kappa shape index (κ3) is 3.43. The molecule has 0 radical (unpaired) electrons. The van der Waals surface area contributed by atoms with Crippen LogP contribution in [0, 0.1) is 0 Å². The summed E-state index contributed by atoms with van der Waals surface area (Å²) in [4.78, 5) is 34.0. The predicted molar refractivity (Wildman–Crippen MR) is 162 cm³/mol. The van der Waals surface area contributed by atoms with Gasteiger partial charge in [0.05, 0.1) is 0 Å². The van der Waals surface area contributed by atoms with Gasteiger partial charge in [0.1, 0.15) is 0 Å². The molecule has 2 aliphatic heterocycles. The quantitative estimate of drug-likeness (QED) is 0.188. The number of allylic oxidation sites excluding steroid dienone is 4. The van der Waals surface area contributed by atoms with Crippen molar-refractivity contribution in [1.82, 2.24) is 37.3 Å². The maximum atomic E-state index is 5.21. The van der Waals surface area contributed by atoms with E-state index < -0.39 is 0 Å². The molecule has 5 heterocycles. The van der Waals surface area contributed by atoms with Crippen molar-refractivity contribution in [1.29, 1.82) is 0 Å². The Bertz CT molecular complexity index is 2340. The Morgan fingerprint density at radius 3 is 1.56 bits per heavy atom. The number of benzene rings is 3. The van der Waals surface area contributed by atoms with E-state index >= 15 is 0 Å². The van der Waals surface area contributed by atoms with E-state index in [1.807, 2.05) is 36.4 Å². The molecule has 0 fully saturated rings. The number of nitrogens with zero attached hydrogens (tertiary/aromatic N) is 7. The molecule has 1 aliphatic carbocycles. The van der Waals surface area contributed by atoms with E-state index in [1.165, 1.54) is 0 Å². The molecule has 0 spiro atoms. The summed E-state index contributed by atoms with van der Waals surface area (Å²) >= 11 is 0.417. The molecule has 3 aromatic carbocycles. The number of nitrogens with one attached hydrogen (secondary N) is 1. The standard InChI is InChI=1S/C32H19N8.Tl/c1-2-10-18-17(9-1)25-33-26(18)38-28-21-13-5-6-14-22(21)30(35-28)40-32-24-16-8-7-15-23(24)31(36-32)39-29-20-12-4-3-11-19(20)27(34-29)37-25;/h1-6,9-16H,7-8H2,(H-,33,34,35,36,37,38,39,40);/q-1;+1. The van der Waals surface area contributed by atoms with Crippen molar-refractivity contribution in [3.05, 3.63) is 96.6 Å². The van der Waals surface area contributed by atoms with Gasteiger partial charge in [-0.1, -0.05) is 0 Å². The molecule has 8 nitrogen and oxygen atoms in total. The van der Waals surface area contributed by atoms with Crippen molar-refractivity contribution in [3.63, 3.8) is 0 Å². The zero-order valence-corrected chi connectivity index (χ0v) is 26.2. The summed E-state index contributed by atoms with van der Waals surface area (Å²) in [6.07, 6.45) is 6.37. The fourth-order valence-electron chi connectivity index (χ4n) is 5.95. The molecule has 0 saturated carbocycles. The Hall–Kier alpha value is -4.58. The summed E-state index contributed by atoms with van der Waals surface area (Å²) in [7, 11) is 0. The average molecular weight is 720 g/mol. The summed E-state index contributed by atoms with van der Waals surface area (Å²) in [6.45, 7) is 0. The molecule has 8 bridgehead atoms. The van der Waals surface area contributed by atoms with Gasteiger partial charge in [-0.3, -0.25) is 0 Å². The summed E-state index contributed by atoms with van der Waals surface area (Å²) in [5.41, 5.74) is 7.16. The van der Waals surface area contributed by atoms with E-state index in [4.69, 9.17) is 29.9 Å². The monoisotopic (exact) mass is 720 g/mol. The molecule has 41 heavy (non-hydrogen) atoms. The summed E-state index contributed by atoms with van der Waals surface area (Å²) < 4.78 is 2.20. The Morgan fingerprint density at radius 1 is 0.512 bits per heavy atom. The topological polar surface area (TPSA) is 98.1 Å². The number of hydrogen-bond acceptors (Lipinski definition) is 6. The van der Waals surface area contributed by atoms with Gasteiger partial charge >= 0.3 is 251 Å². The van der Waals surface area contributed by atoms with Gasteiger partial charge in [0.2, 0.25) is 0 Å². The van der Waals surface area contributed by atoms with Gasteiger partial charge in [-0.15, -0.1) is 0 Å². The molecule has 0 unspecified atom stereocenters. The second-order valence-corrected chi connectivity index (χ2v) is 12.3. The molecule has 1 N–H and O–H groups in total. The minimum atomic E-state index is 0.417. The Balaban J connectivity index is 1.52. The number of fused-ring (bicyclic) bond motifs is 20. The zero-order valence-electron chi connectivity index (χ0n) is 21.7. The van der Waals surface area contributed by atoms with Crippen LogP contribution in [-0.4, -0.2) is 63.3 Å². The van der Waals surface area contributed by atoms with Crippen LogP contribution in [0.25, 0.3) is 78.1 Å². The maximum absolute atomic E-state index is 5.21. The first-order valence-corrected chi connectivity index (χ1v) is 15.5. The fourth-order valence-corrected chi connectivity index (χ4v) is 7.48. The van der Waals surface area contributed by atoms with Gasteiger partial charge in [0.25, 0.3) is 0 Å². The van der Waals surface area contributed by atoms with Crippen LogP contribution in [-0.2, 0) is 0 Å². The van der Waals surface area contributed by atoms with Crippen LogP contribution in [0.3, 0.4) is 0 Å². The van der Waals surface area contributed by atoms with Crippen LogP contribution < -0.4 is 0 Å². The Kier molecular flexibility index (Phi) is 4.92. The van der Waals surface area contributed by atoms with Crippen LogP contribution in [0.4, 0.5) is 0 Å². The fraction of sp³-hybridized carbons (Fsp3) is 0.0625. The first kappa shape index (κ1) is 23.2. The van der Waals surface area contributed by atoms with Crippen molar-refractivity contribution < 1.29 is 0 Å². The van der Waals surface area contributed by atoms with Gasteiger partial charge in [0, 0.05) is 0 Å². The molecule has 6 aromatic rings. The number of aromatic nitrogens is 8. The van der Waals surface area contributed by atoms with E-state index in [-0.39, 0.29) is 0 Å².